The first-order chi connectivity index (χ1) is 16.1. The molecular formula is C24H32N8O. The van der Waals surface area contributed by atoms with Crippen LogP contribution in [0.15, 0.2) is 36.5 Å². The first-order valence-corrected chi connectivity index (χ1v) is 11.9. The van der Waals surface area contributed by atoms with Crippen molar-refractivity contribution < 1.29 is 4.79 Å². The number of nitrogens with two attached hydrogens (primary N) is 1. The second-order valence-corrected chi connectivity index (χ2v) is 8.85. The van der Waals surface area contributed by atoms with Crippen molar-refractivity contribution in [2.75, 3.05) is 54.4 Å². The van der Waals surface area contributed by atoms with Crippen LogP contribution in [0.5, 0.6) is 0 Å². The Balaban J connectivity index is 1.30. The molecule has 2 aliphatic heterocycles. The molecule has 1 aromatic carbocycles. The quantitative estimate of drug-likeness (QED) is 0.551. The molecule has 2 aromatic heterocycles. The van der Waals surface area contributed by atoms with E-state index in [-0.39, 0.29) is 11.9 Å². The summed E-state index contributed by atoms with van der Waals surface area (Å²) in [6.07, 6.45) is 4.60. The highest BCUT2D eigenvalue weighted by atomic mass is 16.2. The number of carbonyl (C=O) groups is 1. The molecule has 9 nitrogen and oxygen atoms in total. The summed E-state index contributed by atoms with van der Waals surface area (Å²) in [5.74, 6) is 1.73. The minimum atomic E-state index is 0.175. The molecule has 5 rings (SSSR count). The molecule has 2 fully saturated rings. The van der Waals surface area contributed by atoms with Crippen LogP contribution in [-0.4, -0.2) is 71.1 Å². The number of benzene rings is 1. The number of anilines is 4. The Morgan fingerprint density at radius 2 is 1.88 bits per heavy atom. The zero-order chi connectivity index (χ0) is 22.8. The Kier molecular flexibility index (Phi) is 6.04. The number of aromatic nitrogens is 3. The van der Waals surface area contributed by atoms with Gasteiger partial charge in [-0.3, -0.25) is 4.79 Å². The minimum Gasteiger partial charge on any atom is -0.368 e. The van der Waals surface area contributed by atoms with Gasteiger partial charge in [-0.05, 0) is 43.2 Å². The van der Waals surface area contributed by atoms with Gasteiger partial charge in [0.2, 0.25) is 11.9 Å². The Morgan fingerprint density at radius 3 is 2.61 bits per heavy atom. The predicted molar refractivity (Wildman–Crippen MR) is 132 cm³/mol. The highest BCUT2D eigenvalue weighted by Crippen LogP contribution is 2.28. The number of H-pyrrole nitrogens is 1. The Hall–Kier alpha value is -3.33. The molecule has 3 aromatic rings. The van der Waals surface area contributed by atoms with Gasteiger partial charge in [0.25, 0.3) is 0 Å². The molecule has 4 heterocycles. The van der Waals surface area contributed by atoms with E-state index in [0.29, 0.717) is 12.4 Å². The van der Waals surface area contributed by atoms with E-state index in [9.17, 15) is 4.79 Å². The van der Waals surface area contributed by atoms with E-state index in [1.54, 1.807) is 0 Å². The second kappa shape index (κ2) is 9.27. The maximum Gasteiger partial charge on any atom is 0.231 e. The van der Waals surface area contributed by atoms with Crippen molar-refractivity contribution in [2.24, 2.45) is 5.73 Å². The summed E-state index contributed by atoms with van der Waals surface area (Å²) >= 11 is 0. The normalized spacial score (nSPS) is 19.2. The Labute approximate surface area is 194 Å². The zero-order valence-corrected chi connectivity index (χ0v) is 19.1. The van der Waals surface area contributed by atoms with Gasteiger partial charge >= 0.3 is 0 Å². The topological polar surface area (TPSA) is 106 Å². The molecule has 33 heavy (non-hydrogen) atoms. The molecular weight excluding hydrogens is 416 g/mol. The van der Waals surface area contributed by atoms with Crippen LogP contribution in [0, 0.1) is 0 Å². The van der Waals surface area contributed by atoms with Crippen molar-refractivity contribution >= 4 is 40.1 Å². The summed E-state index contributed by atoms with van der Waals surface area (Å²) in [4.78, 5) is 31.2. The van der Waals surface area contributed by atoms with E-state index in [1.165, 1.54) is 0 Å². The fourth-order valence-corrected chi connectivity index (χ4v) is 4.75. The lowest BCUT2D eigenvalue weighted by atomic mass is 10.1. The van der Waals surface area contributed by atoms with E-state index < -0.39 is 0 Å². The summed E-state index contributed by atoms with van der Waals surface area (Å²) in [5, 5.41) is 4.38. The van der Waals surface area contributed by atoms with E-state index in [1.807, 2.05) is 24.1 Å². The maximum atomic E-state index is 11.9. The SMILES string of the molecule is CCC(=O)N1CCN(c2ccc(Nc3nc(N4CCC[C@H](N)C4)c4cc[nH]c4n3)cc2)CC1. The molecule has 0 bridgehead atoms. The first-order valence-electron chi connectivity index (χ1n) is 11.9. The van der Waals surface area contributed by atoms with Gasteiger partial charge in [0, 0.05) is 69.3 Å². The van der Waals surface area contributed by atoms with Gasteiger partial charge in [0.15, 0.2) is 0 Å². The number of fused-ring (bicyclic) bond motifs is 1. The number of rotatable bonds is 5. The number of carbonyl (C=O) groups excluding carboxylic acids is 1. The van der Waals surface area contributed by atoms with Gasteiger partial charge in [0.05, 0.1) is 5.39 Å². The number of nitrogens with zero attached hydrogens (tertiary/aromatic N) is 5. The Morgan fingerprint density at radius 1 is 1.09 bits per heavy atom. The van der Waals surface area contributed by atoms with E-state index in [0.717, 1.165) is 80.3 Å². The molecule has 0 aliphatic carbocycles. The summed E-state index contributed by atoms with van der Waals surface area (Å²) in [6.45, 7) is 6.94. The molecule has 0 spiro atoms. The van der Waals surface area contributed by atoms with Gasteiger partial charge in [-0.15, -0.1) is 0 Å². The highest BCUT2D eigenvalue weighted by molar-refractivity contribution is 5.89. The molecule has 9 heteroatoms. The average Bonchev–Trinajstić information content (AvgIpc) is 3.32. The molecule has 0 radical (unpaired) electrons. The predicted octanol–water partition coefficient (Wildman–Crippen LogP) is 2.69. The van der Waals surface area contributed by atoms with Gasteiger partial charge in [-0.1, -0.05) is 6.92 Å². The van der Waals surface area contributed by atoms with E-state index in [4.69, 9.17) is 10.7 Å². The number of aromatic amines is 1. The van der Waals surface area contributed by atoms with Crippen LogP contribution in [0.2, 0.25) is 0 Å². The lowest BCUT2D eigenvalue weighted by Gasteiger charge is -2.36. The lowest BCUT2D eigenvalue weighted by molar-refractivity contribution is -0.131. The third-order valence-corrected chi connectivity index (χ3v) is 6.58. The number of piperidine rings is 1. The molecule has 2 saturated heterocycles. The van der Waals surface area contributed by atoms with Crippen molar-refractivity contribution in [3.05, 3.63) is 36.5 Å². The van der Waals surface area contributed by atoms with Crippen molar-refractivity contribution in [3.8, 4) is 0 Å². The summed E-state index contributed by atoms with van der Waals surface area (Å²) < 4.78 is 0. The standard InChI is InChI=1S/C24H32N8O/c1-2-21(33)31-14-12-30(13-15-31)19-7-5-18(6-8-19)27-24-28-22-20(9-10-26-22)23(29-24)32-11-3-4-17(25)16-32/h5-10,17H,2-4,11-16,25H2,1H3,(H2,26,27,28,29)/t17-/m0/s1. The number of hydrogen-bond donors (Lipinski definition) is 3. The first kappa shape index (κ1) is 21.5. The molecule has 0 saturated carbocycles. The van der Waals surface area contributed by atoms with Gasteiger partial charge in [-0.25, -0.2) is 0 Å². The minimum absolute atomic E-state index is 0.175. The van der Waals surface area contributed by atoms with E-state index in [2.05, 4.69) is 49.4 Å². The van der Waals surface area contributed by atoms with Gasteiger partial charge < -0.3 is 30.7 Å². The Bertz CT molecular complexity index is 1100. The number of piperazine rings is 1. The van der Waals surface area contributed by atoms with E-state index >= 15 is 0 Å². The van der Waals surface area contributed by atoms with Crippen LogP contribution in [-0.2, 0) is 4.79 Å². The van der Waals surface area contributed by atoms with Gasteiger partial charge in [0.1, 0.15) is 11.5 Å². The largest absolute Gasteiger partial charge is 0.368 e. The third-order valence-electron chi connectivity index (χ3n) is 6.58. The lowest BCUT2D eigenvalue weighted by Crippen LogP contribution is -2.48. The van der Waals surface area contributed by atoms with Crippen LogP contribution >= 0.6 is 0 Å². The number of nitrogens with one attached hydrogen (secondary N) is 2. The number of hydrogen-bond acceptors (Lipinski definition) is 7. The maximum absolute atomic E-state index is 11.9. The molecule has 1 atom stereocenters. The van der Waals surface area contributed by atoms with Gasteiger partial charge in [-0.2, -0.15) is 9.97 Å². The van der Waals surface area contributed by atoms with Crippen molar-refractivity contribution in [1.82, 2.24) is 19.9 Å². The van der Waals surface area contributed by atoms with Crippen molar-refractivity contribution in [2.45, 2.75) is 32.2 Å². The molecule has 174 valence electrons. The summed E-state index contributed by atoms with van der Waals surface area (Å²) in [5.41, 5.74) is 9.13. The molecule has 0 unspecified atom stereocenters. The van der Waals surface area contributed by atoms with Crippen LogP contribution in [0.25, 0.3) is 11.0 Å². The summed E-state index contributed by atoms with van der Waals surface area (Å²) in [6, 6.07) is 10.5. The van der Waals surface area contributed by atoms with Crippen molar-refractivity contribution in [3.63, 3.8) is 0 Å². The third kappa shape index (κ3) is 4.59. The summed E-state index contributed by atoms with van der Waals surface area (Å²) in [7, 11) is 0. The van der Waals surface area contributed by atoms with Crippen molar-refractivity contribution in [1.29, 1.82) is 0 Å². The molecule has 2 aliphatic rings. The van der Waals surface area contributed by atoms with Crippen LogP contribution in [0.1, 0.15) is 26.2 Å². The van der Waals surface area contributed by atoms with Crippen LogP contribution < -0.4 is 20.9 Å². The fourth-order valence-electron chi connectivity index (χ4n) is 4.75. The van der Waals surface area contributed by atoms with Crippen LogP contribution in [0.3, 0.4) is 0 Å². The highest BCUT2D eigenvalue weighted by Gasteiger charge is 2.22. The fraction of sp³-hybridized carbons (Fsp3) is 0.458. The second-order valence-electron chi connectivity index (χ2n) is 8.85. The smallest absolute Gasteiger partial charge is 0.231 e. The number of amides is 1. The molecule has 4 N–H and O–H groups in total. The average molecular weight is 449 g/mol. The zero-order valence-electron chi connectivity index (χ0n) is 19.1. The van der Waals surface area contributed by atoms with Crippen LogP contribution in [0.4, 0.5) is 23.1 Å². The molecule has 1 amide bonds. The monoisotopic (exact) mass is 448 g/mol.